The van der Waals surface area contributed by atoms with Gasteiger partial charge in [0.25, 0.3) is 10.2 Å². The maximum Gasteiger partial charge on any atom is 0.393 e. The Morgan fingerprint density at radius 3 is 2.19 bits per heavy atom. The van der Waals surface area contributed by atoms with Crippen LogP contribution in [0.15, 0.2) is 0 Å². The van der Waals surface area contributed by atoms with Crippen LogP contribution in [-0.4, -0.2) is 49.1 Å². The summed E-state index contributed by atoms with van der Waals surface area (Å²) in [5, 5.41) is 8.87. The zero-order valence-corrected chi connectivity index (χ0v) is 12.0. The lowest BCUT2D eigenvalue weighted by molar-refractivity contribution is -0.187. The maximum absolute atomic E-state index is 12.8. The highest BCUT2D eigenvalue weighted by molar-refractivity contribution is 7.87. The number of carboxylic acid groups (broad SMARTS) is 1. The third-order valence-electron chi connectivity index (χ3n) is 4.03. The summed E-state index contributed by atoms with van der Waals surface area (Å²) in [6.45, 7) is -1.50. The third-order valence-corrected chi connectivity index (χ3v) is 5.64. The molecule has 1 heterocycles. The first-order valence-corrected chi connectivity index (χ1v) is 8.12. The molecule has 1 saturated carbocycles. The SMILES string of the molecule is O=C(O)[C@@H]1CN(S(=O)(=O)NC2CCCC2)C[C@H]1C(F)(F)F. The summed E-state index contributed by atoms with van der Waals surface area (Å²) in [6, 6.07) is -0.275. The zero-order chi connectivity index (χ0) is 15.8. The van der Waals surface area contributed by atoms with Crippen molar-refractivity contribution >= 4 is 16.2 Å². The lowest BCUT2D eigenvalue weighted by Crippen LogP contribution is -2.44. The molecule has 0 aromatic rings. The van der Waals surface area contributed by atoms with Crippen LogP contribution < -0.4 is 4.72 Å². The summed E-state index contributed by atoms with van der Waals surface area (Å²) < 4.78 is 65.6. The van der Waals surface area contributed by atoms with Crippen LogP contribution in [0.25, 0.3) is 0 Å². The van der Waals surface area contributed by atoms with Crippen molar-refractivity contribution in [1.29, 1.82) is 0 Å². The first-order chi connectivity index (χ1) is 9.61. The molecule has 1 saturated heterocycles. The topological polar surface area (TPSA) is 86.7 Å². The van der Waals surface area contributed by atoms with Crippen LogP contribution >= 0.6 is 0 Å². The van der Waals surface area contributed by atoms with Crippen molar-refractivity contribution in [1.82, 2.24) is 9.03 Å². The lowest BCUT2D eigenvalue weighted by Gasteiger charge is -2.20. The van der Waals surface area contributed by atoms with Crippen LogP contribution in [0.1, 0.15) is 25.7 Å². The molecule has 2 rings (SSSR count). The summed E-state index contributed by atoms with van der Waals surface area (Å²) >= 11 is 0. The molecule has 1 aliphatic heterocycles. The maximum atomic E-state index is 12.8. The molecule has 0 spiro atoms. The number of nitrogens with zero attached hydrogens (tertiary/aromatic N) is 1. The lowest BCUT2D eigenvalue weighted by atomic mass is 9.96. The van der Waals surface area contributed by atoms with Gasteiger partial charge in [0, 0.05) is 19.1 Å². The van der Waals surface area contributed by atoms with Crippen LogP contribution in [0.5, 0.6) is 0 Å². The molecule has 21 heavy (non-hydrogen) atoms. The Labute approximate surface area is 120 Å². The molecular formula is C11H17F3N2O4S. The molecular weight excluding hydrogens is 313 g/mol. The van der Waals surface area contributed by atoms with E-state index in [1.54, 1.807) is 0 Å². The Morgan fingerprint density at radius 1 is 1.19 bits per heavy atom. The number of alkyl halides is 3. The summed E-state index contributed by atoms with van der Waals surface area (Å²) in [5.41, 5.74) is 0. The Bertz CT molecular complexity index is 502. The molecule has 2 aliphatic rings. The van der Waals surface area contributed by atoms with Gasteiger partial charge in [0.1, 0.15) is 0 Å². The number of rotatable bonds is 4. The van der Waals surface area contributed by atoms with Crippen LogP contribution in [0, 0.1) is 11.8 Å². The summed E-state index contributed by atoms with van der Waals surface area (Å²) in [5.74, 6) is -5.56. The first kappa shape index (κ1) is 16.5. The van der Waals surface area contributed by atoms with Crippen molar-refractivity contribution < 1.29 is 31.5 Å². The van der Waals surface area contributed by atoms with Gasteiger partial charge in [-0.3, -0.25) is 4.79 Å². The predicted molar refractivity (Wildman–Crippen MR) is 66.6 cm³/mol. The van der Waals surface area contributed by atoms with Crippen LogP contribution in [0.4, 0.5) is 13.2 Å². The van der Waals surface area contributed by atoms with E-state index in [1.165, 1.54) is 0 Å². The van der Waals surface area contributed by atoms with Gasteiger partial charge in [0.2, 0.25) is 0 Å². The van der Waals surface area contributed by atoms with Crippen molar-refractivity contribution in [3.63, 3.8) is 0 Å². The van der Waals surface area contributed by atoms with E-state index in [0.717, 1.165) is 12.8 Å². The minimum absolute atomic E-state index is 0.275. The molecule has 0 unspecified atom stereocenters. The van der Waals surface area contributed by atoms with Gasteiger partial charge in [-0.2, -0.15) is 30.6 Å². The van der Waals surface area contributed by atoms with Gasteiger partial charge in [-0.15, -0.1) is 0 Å². The molecule has 2 fully saturated rings. The largest absolute Gasteiger partial charge is 0.481 e. The molecule has 0 amide bonds. The number of carbonyl (C=O) groups is 1. The van der Waals surface area contributed by atoms with Gasteiger partial charge < -0.3 is 5.11 Å². The van der Waals surface area contributed by atoms with Crippen molar-refractivity contribution in [2.24, 2.45) is 11.8 Å². The second-order valence-electron chi connectivity index (χ2n) is 5.51. The highest BCUT2D eigenvalue weighted by Crippen LogP contribution is 2.38. The van der Waals surface area contributed by atoms with Gasteiger partial charge in [-0.1, -0.05) is 12.8 Å². The molecule has 6 nitrogen and oxygen atoms in total. The summed E-state index contributed by atoms with van der Waals surface area (Å²) in [4.78, 5) is 10.9. The number of hydrogen-bond donors (Lipinski definition) is 2. The Kier molecular flexibility index (Phi) is 4.50. The highest BCUT2D eigenvalue weighted by Gasteiger charge is 2.54. The number of halogens is 3. The second-order valence-corrected chi connectivity index (χ2v) is 7.22. The van der Waals surface area contributed by atoms with E-state index in [-0.39, 0.29) is 6.04 Å². The second kappa shape index (κ2) is 5.73. The monoisotopic (exact) mass is 330 g/mol. The van der Waals surface area contributed by atoms with Crippen molar-refractivity contribution in [3.8, 4) is 0 Å². The zero-order valence-electron chi connectivity index (χ0n) is 11.1. The highest BCUT2D eigenvalue weighted by atomic mass is 32.2. The van der Waals surface area contributed by atoms with Crippen LogP contribution in [-0.2, 0) is 15.0 Å². The molecule has 2 N–H and O–H groups in total. The van der Waals surface area contributed by atoms with Crippen LogP contribution in [0.2, 0.25) is 0 Å². The third kappa shape index (κ3) is 3.67. The van der Waals surface area contributed by atoms with E-state index in [9.17, 15) is 26.4 Å². The minimum Gasteiger partial charge on any atom is -0.481 e. The Hall–Kier alpha value is -0.870. The van der Waals surface area contributed by atoms with E-state index in [2.05, 4.69) is 4.72 Å². The van der Waals surface area contributed by atoms with Gasteiger partial charge in [0.15, 0.2) is 0 Å². The molecule has 122 valence electrons. The average molecular weight is 330 g/mol. The van der Waals surface area contributed by atoms with Gasteiger partial charge >= 0.3 is 12.1 Å². The molecule has 0 bridgehead atoms. The average Bonchev–Trinajstić information content (AvgIpc) is 2.94. The van der Waals surface area contributed by atoms with Crippen molar-refractivity contribution in [2.45, 2.75) is 37.9 Å². The number of nitrogens with one attached hydrogen (secondary N) is 1. The quantitative estimate of drug-likeness (QED) is 0.804. The van der Waals surface area contributed by atoms with E-state index in [4.69, 9.17) is 5.11 Å². The minimum atomic E-state index is -4.74. The van der Waals surface area contributed by atoms with Gasteiger partial charge in [-0.05, 0) is 12.8 Å². The smallest absolute Gasteiger partial charge is 0.393 e. The molecule has 1 aliphatic carbocycles. The standard InChI is InChI=1S/C11H17F3N2O4S/c12-11(13,14)9-6-16(5-8(9)10(17)18)21(19,20)15-7-3-1-2-4-7/h7-9,15H,1-6H2,(H,17,18)/t8-,9-/m1/s1. The molecule has 10 heteroatoms. The van der Waals surface area contributed by atoms with Gasteiger partial charge in [-0.25, -0.2) is 0 Å². The van der Waals surface area contributed by atoms with Crippen molar-refractivity contribution in [2.75, 3.05) is 13.1 Å². The summed E-state index contributed by atoms with van der Waals surface area (Å²) in [7, 11) is -4.08. The number of hydrogen-bond acceptors (Lipinski definition) is 3. The fourth-order valence-electron chi connectivity index (χ4n) is 2.87. The number of aliphatic carboxylic acids is 1. The van der Waals surface area contributed by atoms with E-state index < -0.39 is 47.3 Å². The normalized spacial score (nSPS) is 29.1. The van der Waals surface area contributed by atoms with E-state index in [1.807, 2.05) is 0 Å². The predicted octanol–water partition coefficient (Wildman–Crippen LogP) is 0.958. The molecule has 2 atom stereocenters. The molecule has 0 aromatic heterocycles. The molecule has 0 radical (unpaired) electrons. The van der Waals surface area contributed by atoms with Gasteiger partial charge in [0.05, 0.1) is 11.8 Å². The van der Waals surface area contributed by atoms with Crippen molar-refractivity contribution in [3.05, 3.63) is 0 Å². The van der Waals surface area contributed by atoms with Crippen LogP contribution in [0.3, 0.4) is 0 Å². The summed E-state index contributed by atoms with van der Waals surface area (Å²) in [6.07, 6.45) is -1.69. The Balaban J connectivity index is 2.12. The van der Waals surface area contributed by atoms with E-state index in [0.29, 0.717) is 17.1 Å². The fraction of sp³-hybridized carbons (Fsp3) is 0.909. The fourth-order valence-corrected chi connectivity index (χ4v) is 4.39. The first-order valence-electron chi connectivity index (χ1n) is 6.68. The molecule has 0 aromatic carbocycles. The number of carboxylic acids is 1. The Morgan fingerprint density at radius 2 is 1.76 bits per heavy atom. The van der Waals surface area contributed by atoms with E-state index >= 15 is 0 Å².